The van der Waals surface area contributed by atoms with Gasteiger partial charge in [0.1, 0.15) is 5.44 Å². The maximum Gasteiger partial charge on any atom is 0.201 e. The van der Waals surface area contributed by atoms with Crippen molar-refractivity contribution in [1.82, 2.24) is 0 Å². The zero-order valence-electron chi connectivity index (χ0n) is 14.2. The van der Waals surface area contributed by atoms with Crippen LogP contribution in [0.3, 0.4) is 0 Å². The molecule has 6 heteroatoms. The summed E-state index contributed by atoms with van der Waals surface area (Å²) in [6, 6.07) is 0. The van der Waals surface area contributed by atoms with Gasteiger partial charge in [-0.25, -0.2) is 9.78 Å². The number of rotatable bonds is 1. The second-order valence-electron chi connectivity index (χ2n) is 7.88. The van der Waals surface area contributed by atoms with Gasteiger partial charge in [0.25, 0.3) is 0 Å². The number of thioether (sulfide) groups is 1. The van der Waals surface area contributed by atoms with Crippen LogP contribution in [0.15, 0.2) is 0 Å². The van der Waals surface area contributed by atoms with Gasteiger partial charge in [0.05, 0.1) is 0 Å². The summed E-state index contributed by atoms with van der Waals surface area (Å²) in [4.78, 5) is 23.5. The summed E-state index contributed by atoms with van der Waals surface area (Å²) in [5, 5.41) is 0.0840. The molecule has 4 aliphatic heterocycles. The van der Waals surface area contributed by atoms with Gasteiger partial charge in [0, 0.05) is 19.3 Å². The van der Waals surface area contributed by atoms with E-state index in [0.29, 0.717) is 17.8 Å². The highest BCUT2D eigenvalue weighted by Gasteiger charge is 2.69. The third kappa shape index (κ3) is 2.33. The highest BCUT2D eigenvalue weighted by molar-refractivity contribution is 8.14. The molecule has 5 aliphatic rings. The van der Waals surface area contributed by atoms with Crippen molar-refractivity contribution in [1.29, 1.82) is 0 Å². The molecule has 1 saturated carbocycles. The lowest BCUT2D eigenvalue weighted by Gasteiger charge is -2.60. The van der Waals surface area contributed by atoms with Crippen LogP contribution in [0.5, 0.6) is 0 Å². The molecule has 0 aromatic heterocycles. The van der Waals surface area contributed by atoms with Crippen LogP contribution in [0.25, 0.3) is 0 Å². The van der Waals surface area contributed by atoms with Crippen molar-refractivity contribution in [2.75, 3.05) is 0 Å². The van der Waals surface area contributed by atoms with Gasteiger partial charge in [0.15, 0.2) is 17.0 Å². The minimum absolute atomic E-state index is 0.0840. The van der Waals surface area contributed by atoms with Crippen molar-refractivity contribution >= 4 is 16.9 Å². The molecule has 1 spiro atoms. The zero-order chi connectivity index (χ0) is 16.4. The van der Waals surface area contributed by atoms with Crippen molar-refractivity contribution in [3.8, 4) is 0 Å². The van der Waals surface area contributed by atoms with Crippen LogP contribution in [0.4, 0.5) is 0 Å². The molecule has 5 rings (SSSR count). The van der Waals surface area contributed by atoms with Crippen LogP contribution < -0.4 is 0 Å². The van der Waals surface area contributed by atoms with E-state index in [2.05, 4.69) is 13.8 Å². The van der Waals surface area contributed by atoms with Crippen LogP contribution in [0.1, 0.15) is 53.4 Å². The van der Waals surface area contributed by atoms with Gasteiger partial charge in [-0.15, -0.1) is 0 Å². The van der Waals surface area contributed by atoms with E-state index < -0.39 is 17.7 Å². The molecule has 0 radical (unpaired) electrons. The summed E-state index contributed by atoms with van der Waals surface area (Å²) < 4.78 is 12.5. The monoisotopic (exact) mass is 342 g/mol. The van der Waals surface area contributed by atoms with Crippen molar-refractivity contribution < 1.29 is 24.0 Å². The Kier molecular flexibility index (Phi) is 3.86. The van der Waals surface area contributed by atoms with Crippen molar-refractivity contribution in [3.63, 3.8) is 0 Å². The molecule has 5 fully saturated rings. The highest BCUT2D eigenvalue weighted by Crippen LogP contribution is 2.61. The largest absolute Gasteiger partial charge is 0.335 e. The Hall–Kier alpha value is -0.140. The van der Waals surface area contributed by atoms with E-state index in [9.17, 15) is 4.79 Å². The molecule has 0 N–H and O–H groups in total. The summed E-state index contributed by atoms with van der Waals surface area (Å²) in [5.74, 6) is 0.714. The van der Waals surface area contributed by atoms with Gasteiger partial charge >= 0.3 is 0 Å². The average Bonchev–Trinajstić information content (AvgIpc) is 2.70. The Morgan fingerprint density at radius 2 is 1.91 bits per heavy atom. The number of hydrogen-bond acceptors (Lipinski definition) is 6. The Morgan fingerprint density at radius 1 is 1.13 bits per heavy atom. The number of carbonyl (C=O) groups is 1. The molecule has 23 heavy (non-hydrogen) atoms. The first kappa shape index (κ1) is 16.3. The summed E-state index contributed by atoms with van der Waals surface area (Å²) in [5.41, 5.74) is -0.699. The van der Waals surface area contributed by atoms with Crippen molar-refractivity contribution in [2.24, 2.45) is 23.7 Å². The standard InChI is InChI=1S/C17H26O5S/c1-9-5-6-13-10(2)14(23-11(3)18)19-15-17(13)12(9)7-8-16(4,20-15)21-22-17/h9-10,12-15H,5-8H2,1-4H3/t9-,10-,12+,13+,14-,15-,16+,17-/m1/s1. The minimum atomic E-state index is -0.746. The van der Waals surface area contributed by atoms with Gasteiger partial charge in [-0.2, -0.15) is 0 Å². The first-order valence-electron chi connectivity index (χ1n) is 8.73. The lowest BCUT2D eigenvalue weighted by molar-refractivity contribution is -0.568. The molecule has 2 bridgehead atoms. The van der Waals surface area contributed by atoms with E-state index in [1.165, 1.54) is 18.2 Å². The first-order valence-corrected chi connectivity index (χ1v) is 9.61. The fraction of sp³-hybridized carbons (Fsp3) is 0.941. The number of fused-ring (bicyclic) bond motifs is 2. The second kappa shape index (κ2) is 5.43. The average molecular weight is 342 g/mol. The molecule has 0 unspecified atom stereocenters. The normalized spacial score (nSPS) is 55.1. The molecule has 8 atom stereocenters. The lowest BCUT2D eigenvalue weighted by Crippen LogP contribution is -2.70. The van der Waals surface area contributed by atoms with Crippen molar-refractivity contribution in [2.45, 2.75) is 76.5 Å². The molecule has 0 amide bonds. The second-order valence-corrected chi connectivity index (χ2v) is 9.16. The number of carbonyl (C=O) groups excluding carboxylic acids is 1. The summed E-state index contributed by atoms with van der Waals surface area (Å²) in [7, 11) is 0. The molecule has 0 aromatic carbocycles. The summed E-state index contributed by atoms with van der Waals surface area (Å²) >= 11 is 1.28. The summed E-state index contributed by atoms with van der Waals surface area (Å²) in [6.45, 7) is 7.99. The fourth-order valence-corrected chi connectivity index (χ4v) is 6.06. The van der Waals surface area contributed by atoms with E-state index >= 15 is 0 Å². The molecule has 4 saturated heterocycles. The van der Waals surface area contributed by atoms with E-state index in [4.69, 9.17) is 19.2 Å². The third-order valence-electron chi connectivity index (χ3n) is 6.38. The van der Waals surface area contributed by atoms with Crippen LogP contribution in [-0.4, -0.2) is 28.2 Å². The van der Waals surface area contributed by atoms with Gasteiger partial charge in [0.2, 0.25) is 5.79 Å². The summed E-state index contributed by atoms with van der Waals surface area (Å²) in [6.07, 6.45) is 3.65. The fourth-order valence-electron chi connectivity index (χ4n) is 5.17. The van der Waals surface area contributed by atoms with E-state index in [1.807, 2.05) is 6.92 Å². The van der Waals surface area contributed by atoms with Crippen LogP contribution in [0.2, 0.25) is 0 Å². The van der Waals surface area contributed by atoms with E-state index in [1.54, 1.807) is 6.92 Å². The van der Waals surface area contributed by atoms with Crippen molar-refractivity contribution in [3.05, 3.63) is 0 Å². The minimum Gasteiger partial charge on any atom is -0.335 e. The smallest absolute Gasteiger partial charge is 0.201 e. The Bertz CT molecular complexity index is 513. The maximum absolute atomic E-state index is 11.6. The quantitative estimate of drug-likeness (QED) is 0.680. The van der Waals surface area contributed by atoms with Gasteiger partial charge in [-0.3, -0.25) is 4.79 Å². The number of hydrogen-bond donors (Lipinski definition) is 0. The molecule has 4 heterocycles. The molecule has 130 valence electrons. The first-order chi connectivity index (χ1) is 10.9. The Labute approximate surface area is 141 Å². The lowest BCUT2D eigenvalue weighted by atomic mass is 9.58. The topological polar surface area (TPSA) is 54.0 Å². The number of ether oxygens (including phenoxy) is 2. The molecule has 1 aliphatic carbocycles. The van der Waals surface area contributed by atoms with Crippen LogP contribution in [-0.2, 0) is 24.0 Å². The van der Waals surface area contributed by atoms with Crippen LogP contribution in [0, 0.1) is 23.7 Å². The predicted molar refractivity (Wildman–Crippen MR) is 85.1 cm³/mol. The molecular weight excluding hydrogens is 316 g/mol. The third-order valence-corrected chi connectivity index (χ3v) is 7.48. The molecule has 5 nitrogen and oxygen atoms in total. The van der Waals surface area contributed by atoms with Gasteiger partial charge in [-0.05, 0) is 43.9 Å². The Balaban J connectivity index is 1.74. The zero-order valence-corrected chi connectivity index (χ0v) is 15.1. The Morgan fingerprint density at radius 3 is 2.65 bits per heavy atom. The van der Waals surface area contributed by atoms with Crippen LogP contribution >= 0.6 is 11.8 Å². The van der Waals surface area contributed by atoms with E-state index in [-0.39, 0.29) is 16.5 Å². The van der Waals surface area contributed by atoms with E-state index in [0.717, 1.165) is 19.3 Å². The highest BCUT2D eigenvalue weighted by atomic mass is 32.2. The maximum atomic E-state index is 11.6. The SMILES string of the molecule is CC(=O)S[C@H]1O[C@@H]2O[C@]3(C)CC[C@H]4[C@H](C)CC[C@@H]([C@H]1C)[C@@]24OO3. The van der Waals surface area contributed by atoms with Gasteiger partial charge in [-0.1, -0.05) is 25.6 Å². The molecular formula is C17H26O5S. The van der Waals surface area contributed by atoms with Gasteiger partial charge < -0.3 is 9.47 Å². The molecule has 0 aromatic rings. The predicted octanol–water partition coefficient (Wildman–Crippen LogP) is 3.47.